The van der Waals surface area contributed by atoms with Gasteiger partial charge in [0.1, 0.15) is 17.5 Å². The van der Waals surface area contributed by atoms with E-state index in [2.05, 4.69) is 5.32 Å². The fourth-order valence-electron chi connectivity index (χ4n) is 1.85. The van der Waals surface area contributed by atoms with Crippen LogP contribution in [0.25, 0.3) is 0 Å². The van der Waals surface area contributed by atoms with E-state index in [0.29, 0.717) is 12.2 Å². The topological polar surface area (TPSA) is 75.6 Å². The number of carbonyl (C=O) groups is 2. The summed E-state index contributed by atoms with van der Waals surface area (Å²) in [6, 6.07) is 15.5. The van der Waals surface area contributed by atoms with Crippen molar-refractivity contribution in [3.05, 3.63) is 60.2 Å². The summed E-state index contributed by atoms with van der Waals surface area (Å²) in [5.74, 6) is 0.336. The minimum Gasteiger partial charge on any atom is -0.480 e. The molecule has 0 aliphatic rings. The molecule has 2 aromatic carbocycles. The molecule has 2 rings (SSSR count). The van der Waals surface area contributed by atoms with Gasteiger partial charge in [0.15, 0.2) is 0 Å². The highest BCUT2D eigenvalue weighted by Gasteiger charge is 2.16. The smallest absolute Gasteiger partial charge is 0.326 e. The molecule has 1 unspecified atom stereocenters. The van der Waals surface area contributed by atoms with E-state index in [9.17, 15) is 9.59 Å². The van der Waals surface area contributed by atoms with Crippen LogP contribution in [-0.2, 0) is 16.0 Å². The Morgan fingerprint density at radius 1 is 1.10 bits per heavy atom. The Balaban J connectivity index is 2.01. The number of rotatable bonds is 7. The summed E-state index contributed by atoms with van der Waals surface area (Å²) < 4.78 is 5.65. The normalized spacial score (nSPS) is 11.4. The molecule has 0 fully saturated rings. The van der Waals surface area contributed by atoms with Crippen molar-refractivity contribution < 1.29 is 19.4 Å². The van der Waals surface area contributed by atoms with Gasteiger partial charge in [-0.25, -0.2) is 4.79 Å². The number of aliphatic carboxylic acids is 1. The first kappa shape index (κ1) is 14.6. The first-order chi connectivity index (χ1) is 10.2. The molecule has 0 heterocycles. The maximum absolute atomic E-state index is 11.0. The second kappa shape index (κ2) is 7.09. The van der Waals surface area contributed by atoms with E-state index in [1.165, 1.54) is 0 Å². The van der Waals surface area contributed by atoms with E-state index in [1.54, 1.807) is 24.3 Å². The van der Waals surface area contributed by atoms with Gasteiger partial charge in [-0.15, -0.1) is 0 Å². The molecule has 1 atom stereocenters. The van der Waals surface area contributed by atoms with Gasteiger partial charge < -0.3 is 15.2 Å². The van der Waals surface area contributed by atoms with Crippen LogP contribution in [0.15, 0.2) is 54.6 Å². The van der Waals surface area contributed by atoms with Crippen LogP contribution in [0.5, 0.6) is 11.5 Å². The number of benzene rings is 2. The lowest BCUT2D eigenvalue weighted by Crippen LogP contribution is -2.37. The first-order valence-electron chi connectivity index (χ1n) is 6.43. The molecule has 0 aliphatic carbocycles. The number of hydrogen-bond donors (Lipinski definition) is 2. The molecule has 0 aromatic heterocycles. The minimum absolute atomic E-state index is 0.222. The lowest BCUT2D eigenvalue weighted by atomic mass is 10.1. The van der Waals surface area contributed by atoms with Crippen molar-refractivity contribution in [2.75, 3.05) is 0 Å². The number of carboxylic acids is 1. The number of para-hydroxylation sites is 1. The van der Waals surface area contributed by atoms with Gasteiger partial charge >= 0.3 is 5.97 Å². The van der Waals surface area contributed by atoms with Gasteiger partial charge in [0.2, 0.25) is 6.41 Å². The number of carboxylic acid groups (broad SMARTS) is 1. The third kappa shape index (κ3) is 4.35. The van der Waals surface area contributed by atoms with Crippen LogP contribution in [0.4, 0.5) is 0 Å². The van der Waals surface area contributed by atoms with E-state index >= 15 is 0 Å². The summed E-state index contributed by atoms with van der Waals surface area (Å²) in [5.41, 5.74) is 0.803. The summed E-state index contributed by atoms with van der Waals surface area (Å²) in [6.45, 7) is 0. The Kier molecular flexibility index (Phi) is 4.93. The van der Waals surface area contributed by atoms with E-state index in [1.807, 2.05) is 30.3 Å². The third-order valence-corrected chi connectivity index (χ3v) is 2.91. The molecular formula is C16H15NO4. The molecule has 5 heteroatoms. The zero-order chi connectivity index (χ0) is 15.1. The van der Waals surface area contributed by atoms with Crippen molar-refractivity contribution in [1.82, 2.24) is 5.32 Å². The van der Waals surface area contributed by atoms with Gasteiger partial charge in [-0.2, -0.15) is 0 Å². The Morgan fingerprint density at radius 2 is 1.71 bits per heavy atom. The van der Waals surface area contributed by atoms with Crippen molar-refractivity contribution >= 4 is 12.4 Å². The average Bonchev–Trinajstić information content (AvgIpc) is 2.49. The fourth-order valence-corrected chi connectivity index (χ4v) is 1.85. The van der Waals surface area contributed by atoms with Crippen LogP contribution >= 0.6 is 0 Å². The number of ether oxygens (including phenoxy) is 1. The predicted octanol–water partition coefficient (Wildman–Crippen LogP) is 2.22. The molecule has 1 amide bonds. The molecule has 21 heavy (non-hydrogen) atoms. The van der Waals surface area contributed by atoms with Crippen LogP contribution in [0.3, 0.4) is 0 Å². The van der Waals surface area contributed by atoms with E-state index in [0.717, 1.165) is 11.3 Å². The third-order valence-electron chi connectivity index (χ3n) is 2.91. The maximum Gasteiger partial charge on any atom is 0.326 e. The Morgan fingerprint density at radius 3 is 2.29 bits per heavy atom. The molecule has 0 spiro atoms. The summed E-state index contributed by atoms with van der Waals surface area (Å²) in [4.78, 5) is 21.3. The lowest BCUT2D eigenvalue weighted by Gasteiger charge is -2.11. The highest BCUT2D eigenvalue weighted by molar-refractivity contribution is 5.76. The summed E-state index contributed by atoms with van der Waals surface area (Å²) in [5, 5.41) is 11.2. The molecule has 0 saturated carbocycles. The zero-order valence-electron chi connectivity index (χ0n) is 11.2. The quantitative estimate of drug-likeness (QED) is 0.765. The molecule has 0 aliphatic heterocycles. The Labute approximate surface area is 122 Å². The van der Waals surface area contributed by atoms with Crippen LogP contribution in [-0.4, -0.2) is 23.5 Å². The van der Waals surface area contributed by atoms with Crippen LogP contribution in [0, 0.1) is 0 Å². The van der Waals surface area contributed by atoms with Crippen LogP contribution < -0.4 is 10.1 Å². The van der Waals surface area contributed by atoms with Crippen molar-refractivity contribution in [2.24, 2.45) is 0 Å². The number of hydrogen-bond acceptors (Lipinski definition) is 3. The maximum atomic E-state index is 11.0. The zero-order valence-corrected chi connectivity index (χ0v) is 11.2. The van der Waals surface area contributed by atoms with Gasteiger partial charge in [-0.1, -0.05) is 30.3 Å². The first-order valence-corrected chi connectivity index (χ1v) is 6.43. The van der Waals surface area contributed by atoms with Crippen LogP contribution in [0.1, 0.15) is 5.56 Å². The van der Waals surface area contributed by atoms with Crippen LogP contribution in [0.2, 0.25) is 0 Å². The predicted molar refractivity (Wildman–Crippen MR) is 77.3 cm³/mol. The van der Waals surface area contributed by atoms with Gasteiger partial charge in [-0.05, 0) is 29.8 Å². The van der Waals surface area contributed by atoms with E-state index < -0.39 is 12.0 Å². The molecule has 108 valence electrons. The largest absolute Gasteiger partial charge is 0.480 e. The monoisotopic (exact) mass is 285 g/mol. The minimum atomic E-state index is -1.06. The number of amides is 1. The van der Waals surface area contributed by atoms with Crippen molar-refractivity contribution in [3.63, 3.8) is 0 Å². The SMILES string of the molecule is O=CNC(Cc1ccc(Oc2ccccc2)cc1)C(=O)O. The Hall–Kier alpha value is -2.82. The van der Waals surface area contributed by atoms with Crippen molar-refractivity contribution in [1.29, 1.82) is 0 Å². The molecule has 0 radical (unpaired) electrons. The highest BCUT2D eigenvalue weighted by atomic mass is 16.5. The van der Waals surface area contributed by atoms with Crippen molar-refractivity contribution in [2.45, 2.75) is 12.5 Å². The second-order valence-electron chi connectivity index (χ2n) is 4.44. The summed E-state index contributed by atoms with van der Waals surface area (Å²) >= 11 is 0. The van der Waals surface area contributed by atoms with E-state index in [4.69, 9.17) is 9.84 Å². The molecule has 0 bridgehead atoms. The molecular weight excluding hydrogens is 270 g/mol. The molecule has 0 saturated heterocycles. The lowest BCUT2D eigenvalue weighted by molar-refractivity contribution is -0.140. The Bertz CT molecular complexity index is 595. The highest BCUT2D eigenvalue weighted by Crippen LogP contribution is 2.21. The summed E-state index contributed by atoms with van der Waals surface area (Å²) in [6.07, 6.45) is 0.616. The molecule has 2 aromatic rings. The number of carbonyl (C=O) groups excluding carboxylic acids is 1. The average molecular weight is 285 g/mol. The molecule has 2 N–H and O–H groups in total. The number of nitrogens with one attached hydrogen (secondary N) is 1. The van der Waals surface area contributed by atoms with Gasteiger partial charge in [-0.3, -0.25) is 4.79 Å². The van der Waals surface area contributed by atoms with Gasteiger partial charge in [0.05, 0.1) is 0 Å². The summed E-state index contributed by atoms with van der Waals surface area (Å²) in [7, 11) is 0. The molecule has 5 nitrogen and oxygen atoms in total. The second-order valence-corrected chi connectivity index (χ2v) is 4.44. The van der Waals surface area contributed by atoms with E-state index in [-0.39, 0.29) is 6.42 Å². The van der Waals surface area contributed by atoms with Gasteiger partial charge in [0.25, 0.3) is 0 Å². The standard InChI is InChI=1S/C16H15NO4/c18-11-17-15(16(19)20)10-12-6-8-14(9-7-12)21-13-4-2-1-3-5-13/h1-9,11,15H,10H2,(H,17,18)(H,19,20). The van der Waals surface area contributed by atoms with Crippen molar-refractivity contribution in [3.8, 4) is 11.5 Å². The fraction of sp³-hybridized carbons (Fsp3) is 0.125. The van der Waals surface area contributed by atoms with Gasteiger partial charge in [0, 0.05) is 6.42 Å².